The summed E-state index contributed by atoms with van der Waals surface area (Å²) in [5.74, 6) is -0.100. The summed E-state index contributed by atoms with van der Waals surface area (Å²) < 4.78 is 0. The molecule has 0 aromatic rings. The highest BCUT2D eigenvalue weighted by Crippen LogP contribution is 2.16. The lowest BCUT2D eigenvalue weighted by molar-refractivity contribution is -0.117. The molecule has 56 valence electrons. The number of rotatable bonds is 2. The second-order valence-electron chi connectivity index (χ2n) is 2.64. The number of hydrogen-bond acceptors (Lipinski definition) is 2. The van der Waals surface area contributed by atoms with Gasteiger partial charge in [-0.25, -0.2) is 0 Å². The molecule has 3 heteroatoms. The highest BCUT2D eigenvalue weighted by Gasteiger charge is 2.26. The summed E-state index contributed by atoms with van der Waals surface area (Å²) in [6.07, 6.45) is 3.09. The van der Waals surface area contributed by atoms with Crippen LogP contribution in [-0.2, 0) is 4.79 Å². The number of hydrogen-bond donors (Lipinski definition) is 2. The van der Waals surface area contributed by atoms with E-state index in [0.717, 1.165) is 12.8 Å². The van der Waals surface area contributed by atoms with E-state index in [1.807, 2.05) is 0 Å². The zero-order valence-corrected chi connectivity index (χ0v) is 5.84. The zero-order chi connectivity index (χ0) is 7.56. The lowest BCUT2D eigenvalue weighted by Gasteiger charge is -2.32. The first kappa shape index (κ1) is 7.28. The van der Waals surface area contributed by atoms with Gasteiger partial charge in [0.15, 0.2) is 0 Å². The molecule has 0 saturated heterocycles. The first-order valence-electron chi connectivity index (χ1n) is 3.41. The van der Waals surface area contributed by atoms with Crippen molar-refractivity contribution in [3.8, 4) is 0 Å². The first-order chi connectivity index (χ1) is 4.72. The molecule has 0 aliphatic heterocycles. The Morgan fingerprint density at radius 3 is 2.70 bits per heavy atom. The van der Waals surface area contributed by atoms with Crippen LogP contribution in [0.25, 0.3) is 0 Å². The van der Waals surface area contributed by atoms with Gasteiger partial charge in [-0.2, -0.15) is 0 Å². The Morgan fingerprint density at radius 2 is 2.30 bits per heavy atom. The Morgan fingerprint density at radius 1 is 1.70 bits per heavy atom. The van der Waals surface area contributed by atoms with Crippen molar-refractivity contribution in [2.45, 2.75) is 24.9 Å². The molecule has 1 fully saturated rings. The molecule has 0 aromatic carbocycles. The van der Waals surface area contributed by atoms with Crippen molar-refractivity contribution in [2.24, 2.45) is 5.73 Å². The van der Waals surface area contributed by atoms with Crippen LogP contribution in [0.3, 0.4) is 0 Å². The molecule has 3 N–H and O–H groups in total. The average Bonchev–Trinajstić information content (AvgIpc) is 1.84. The number of carbonyl (C=O) groups is 1. The van der Waals surface area contributed by atoms with Crippen LogP contribution in [0.2, 0.25) is 0 Å². The lowest BCUT2D eigenvalue weighted by Crippen LogP contribution is -2.49. The molecule has 3 nitrogen and oxygen atoms in total. The molecule has 0 aromatic heterocycles. The van der Waals surface area contributed by atoms with Crippen LogP contribution in [0.1, 0.15) is 12.8 Å². The summed E-state index contributed by atoms with van der Waals surface area (Å²) in [5.41, 5.74) is 5.51. The molecule has 0 unspecified atom stereocenters. The smallest absolute Gasteiger partial charge is 0.243 e. The van der Waals surface area contributed by atoms with Crippen LogP contribution in [0, 0.1) is 0 Å². The third-order valence-electron chi connectivity index (χ3n) is 1.71. The molecule has 1 saturated carbocycles. The van der Waals surface area contributed by atoms with Crippen molar-refractivity contribution in [1.29, 1.82) is 0 Å². The molecular formula is C7H12N2O. The van der Waals surface area contributed by atoms with Crippen LogP contribution in [0.4, 0.5) is 0 Å². The quantitative estimate of drug-likeness (QED) is 0.521. The maximum Gasteiger partial charge on any atom is 0.243 e. The summed E-state index contributed by atoms with van der Waals surface area (Å²) in [6, 6.07) is 0.579. The van der Waals surface area contributed by atoms with E-state index in [1.54, 1.807) is 0 Å². The standard InChI is InChI=1S/C7H12N2O/c1-2-7(10)9-6-3-5(8)4-6/h2,5-6H,1,3-4,8H2,(H,9,10)/t5-,6-. The highest BCUT2D eigenvalue weighted by atomic mass is 16.1. The van der Waals surface area contributed by atoms with Crippen molar-refractivity contribution < 1.29 is 4.79 Å². The third-order valence-corrected chi connectivity index (χ3v) is 1.71. The fraction of sp³-hybridized carbons (Fsp3) is 0.571. The Labute approximate surface area is 60.3 Å². The van der Waals surface area contributed by atoms with Gasteiger partial charge in [0, 0.05) is 12.1 Å². The van der Waals surface area contributed by atoms with Crippen molar-refractivity contribution in [3.63, 3.8) is 0 Å². The van der Waals surface area contributed by atoms with Gasteiger partial charge in [-0.05, 0) is 18.9 Å². The molecular weight excluding hydrogens is 128 g/mol. The maximum absolute atomic E-state index is 10.7. The normalized spacial score (nSPS) is 30.5. The Bertz CT molecular complexity index is 150. The molecule has 1 aliphatic rings. The van der Waals surface area contributed by atoms with E-state index in [0.29, 0.717) is 6.04 Å². The minimum Gasteiger partial charge on any atom is -0.350 e. The molecule has 1 rings (SSSR count). The third kappa shape index (κ3) is 1.57. The Hall–Kier alpha value is -0.830. The molecule has 0 bridgehead atoms. The van der Waals surface area contributed by atoms with Gasteiger partial charge in [0.2, 0.25) is 5.91 Å². The molecule has 0 radical (unpaired) electrons. The van der Waals surface area contributed by atoms with Crippen LogP contribution in [0.15, 0.2) is 12.7 Å². The van der Waals surface area contributed by atoms with Crippen molar-refractivity contribution in [1.82, 2.24) is 5.32 Å². The van der Waals surface area contributed by atoms with Crippen molar-refractivity contribution in [3.05, 3.63) is 12.7 Å². The van der Waals surface area contributed by atoms with Gasteiger partial charge in [0.25, 0.3) is 0 Å². The van der Waals surface area contributed by atoms with Gasteiger partial charge in [-0.1, -0.05) is 6.58 Å². The van der Waals surface area contributed by atoms with Crippen LogP contribution < -0.4 is 11.1 Å². The van der Waals surface area contributed by atoms with E-state index in [4.69, 9.17) is 5.73 Å². The van der Waals surface area contributed by atoms with Crippen molar-refractivity contribution in [2.75, 3.05) is 0 Å². The fourth-order valence-corrected chi connectivity index (χ4v) is 1.04. The van der Waals surface area contributed by atoms with E-state index in [-0.39, 0.29) is 11.9 Å². The average molecular weight is 140 g/mol. The van der Waals surface area contributed by atoms with Gasteiger partial charge < -0.3 is 11.1 Å². The zero-order valence-electron chi connectivity index (χ0n) is 5.84. The number of carbonyl (C=O) groups excluding carboxylic acids is 1. The van der Waals surface area contributed by atoms with E-state index >= 15 is 0 Å². The predicted octanol–water partition coefficient (Wildman–Crippen LogP) is -0.222. The molecule has 10 heavy (non-hydrogen) atoms. The van der Waals surface area contributed by atoms with Gasteiger partial charge in [0.1, 0.15) is 0 Å². The lowest BCUT2D eigenvalue weighted by atomic mass is 9.88. The highest BCUT2D eigenvalue weighted by molar-refractivity contribution is 5.87. The molecule has 1 amide bonds. The maximum atomic E-state index is 10.7. The summed E-state index contributed by atoms with van der Waals surface area (Å²) in [7, 11) is 0. The molecule has 0 heterocycles. The van der Waals surface area contributed by atoms with Gasteiger partial charge >= 0.3 is 0 Å². The topological polar surface area (TPSA) is 55.1 Å². The Kier molecular flexibility index (Phi) is 2.06. The van der Waals surface area contributed by atoms with Gasteiger partial charge in [-0.15, -0.1) is 0 Å². The Balaban J connectivity index is 2.16. The van der Waals surface area contributed by atoms with E-state index in [1.165, 1.54) is 6.08 Å². The van der Waals surface area contributed by atoms with Crippen LogP contribution >= 0.6 is 0 Å². The predicted molar refractivity (Wildman–Crippen MR) is 39.3 cm³/mol. The van der Waals surface area contributed by atoms with E-state index in [9.17, 15) is 4.79 Å². The monoisotopic (exact) mass is 140 g/mol. The summed E-state index contributed by atoms with van der Waals surface area (Å²) >= 11 is 0. The second kappa shape index (κ2) is 2.84. The molecule has 1 aliphatic carbocycles. The minimum absolute atomic E-state index is 0.100. The largest absolute Gasteiger partial charge is 0.350 e. The summed E-state index contributed by atoms with van der Waals surface area (Å²) in [5, 5.41) is 2.76. The van der Waals surface area contributed by atoms with Crippen LogP contribution in [-0.4, -0.2) is 18.0 Å². The molecule has 0 spiro atoms. The SMILES string of the molecule is C=CC(=O)N[C@H]1C[C@H](N)C1. The summed E-state index contributed by atoms with van der Waals surface area (Å²) in [6.45, 7) is 3.35. The minimum atomic E-state index is -0.100. The van der Waals surface area contributed by atoms with E-state index < -0.39 is 0 Å². The van der Waals surface area contributed by atoms with Gasteiger partial charge in [0.05, 0.1) is 0 Å². The van der Waals surface area contributed by atoms with E-state index in [2.05, 4.69) is 11.9 Å². The fourth-order valence-electron chi connectivity index (χ4n) is 1.04. The van der Waals surface area contributed by atoms with Crippen molar-refractivity contribution >= 4 is 5.91 Å². The number of nitrogens with two attached hydrogens (primary N) is 1. The first-order valence-corrected chi connectivity index (χ1v) is 3.41. The van der Waals surface area contributed by atoms with Crippen LogP contribution in [0.5, 0.6) is 0 Å². The number of nitrogens with one attached hydrogen (secondary N) is 1. The molecule has 0 atom stereocenters. The summed E-state index contributed by atoms with van der Waals surface area (Å²) in [4.78, 5) is 10.7. The number of amides is 1. The van der Waals surface area contributed by atoms with Gasteiger partial charge in [-0.3, -0.25) is 4.79 Å². The second-order valence-corrected chi connectivity index (χ2v) is 2.64.